The van der Waals surface area contributed by atoms with E-state index in [2.05, 4.69) is 43.2 Å². The van der Waals surface area contributed by atoms with Gasteiger partial charge in [0.1, 0.15) is 11.6 Å². The first-order chi connectivity index (χ1) is 23.7. The highest BCUT2D eigenvalue weighted by atomic mass is 32.2. The largest absolute Gasteiger partial charge is 0.325 e. The van der Waals surface area contributed by atoms with Crippen molar-refractivity contribution in [2.24, 2.45) is 0 Å². The second-order valence-corrected chi connectivity index (χ2v) is 13.5. The van der Waals surface area contributed by atoms with Crippen molar-refractivity contribution < 1.29 is 9.59 Å². The number of carbonyl (C=O) groups is 2. The van der Waals surface area contributed by atoms with Crippen LogP contribution in [0.3, 0.4) is 0 Å². The number of hydrogen-bond acceptors (Lipinski definition) is 8. The number of aryl methyl sites for hydroxylation is 4. The smallest absolute Gasteiger partial charge is 0.234 e. The zero-order valence-corrected chi connectivity index (χ0v) is 29.3. The molecule has 0 spiro atoms. The topological polar surface area (TPSA) is 120 Å². The first kappa shape index (κ1) is 33.7. The fourth-order valence-corrected chi connectivity index (χ4v) is 6.81. The molecule has 2 heterocycles. The van der Waals surface area contributed by atoms with Crippen LogP contribution in [0.2, 0.25) is 0 Å². The lowest BCUT2D eigenvalue weighted by Crippen LogP contribution is -2.15. The molecule has 0 radical (unpaired) electrons. The molecule has 0 saturated carbocycles. The third-order valence-corrected chi connectivity index (χ3v) is 9.60. The summed E-state index contributed by atoms with van der Waals surface area (Å²) in [5.41, 5.74) is 7.47. The molecular formula is C37H36N8O2S2. The van der Waals surface area contributed by atoms with Gasteiger partial charge in [-0.25, -0.2) is 0 Å². The zero-order valence-electron chi connectivity index (χ0n) is 27.7. The van der Waals surface area contributed by atoms with Crippen molar-refractivity contribution in [3.8, 4) is 11.4 Å². The molecule has 12 heteroatoms. The minimum Gasteiger partial charge on any atom is -0.325 e. The molecule has 0 aliphatic rings. The van der Waals surface area contributed by atoms with Gasteiger partial charge >= 0.3 is 0 Å². The maximum absolute atomic E-state index is 13.0. The van der Waals surface area contributed by atoms with Crippen molar-refractivity contribution >= 4 is 46.7 Å². The Balaban J connectivity index is 1.28. The van der Waals surface area contributed by atoms with Crippen LogP contribution in [0.15, 0.2) is 107 Å². The van der Waals surface area contributed by atoms with Crippen LogP contribution in [0.1, 0.15) is 33.9 Å². The standard InChI is InChI=1S/C37H36N8O2S2/c1-24-11-9-15-28(19-24)44-32(40-42-36(44)48-22-34(46)38-30-17-7-5-13-26(30)3)21-33-41-43-37(45(33)29-16-10-12-25(2)20-29)49-23-35(47)39-31-18-8-6-14-27(31)4/h5-20H,21-23H2,1-4H3,(H,38,46)(H,39,47). The van der Waals surface area contributed by atoms with Crippen molar-refractivity contribution in [3.63, 3.8) is 0 Å². The number of nitrogens with zero attached hydrogens (tertiary/aromatic N) is 6. The van der Waals surface area contributed by atoms with Crippen LogP contribution in [0.5, 0.6) is 0 Å². The number of aromatic nitrogens is 6. The summed E-state index contributed by atoms with van der Waals surface area (Å²) in [5.74, 6) is 1.33. The van der Waals surface area contributed by atoms with Crippen molar-refractivity contribution in [1.29, 1.82) is 0 Å². The Morgan fingerprint density at radius 1 is 0.571 bits per heavy atom. The third kappa shape index (κ3) is 8.27. The number of nitrogens with one attached hydrogen (secondary N) is 2. The highest BCUT2D eigenvalue weighted by Crippen LogP contribution is 2.28. The van der Waals surface area contributed by atoms with Crippen molar-refractivity contribution in [1.82, 2.24) is 29.5 Å². The predicted octanol–water partition coefficient (Wildman–Crippen LogP) is 7.13. The quantitative estimate of drug-likeness (QED) is 0.130. The summed E-state index contributed by atoms with van der Waals surface area (Å²) >= 11 is 2.64. The maximum Gasteiger partial charge on any atom is 0.234 e. The fourth-order valence-electron chi connectivity index (χ4n) is 5.27. The summed E-state index contributed by atoms with van der Waals surface area (Å²) in [7, 11) is 0. The van der Waals surface area contributed by atoms with Gasteiger partial charge in [0.2, 0.25) is 11.8 Å². The molecule has 6 aromatic rings. The van der Waals surface area contributed by atoms with E-state index in [4.69, 9.17) is 0 Å². The highest BCUT2D eigenvalue weighted by Gasteiger charge is 2.22. The normalized spacial score (nSPS) is 11.0. The zero-order chi connectivity index (χ0) is 34.3. The van der Waals surface area contributed by atoms with Gasteiger partial charge in [-0.2, -0.15) is 0 Å². The van der Waals surface area contributed by atoms with Crippen LogP contribution in [-0.4, -0.2) is 52.8 Å². The molecule has 0 aliphatic heterocycles. The van der Waals surface area contributed by atoms with E-state index in [-0.39, 0.29) is 23.3 Å². The lowest BCUT2D eigenvalue weighted by molar-refractivity contribution is -0.114. The third-order valence-electron chi connectivity index (χ3n) is 7.74. The number of carbonyl (C=O) groups excluding carboxylic acids is 2. The minimum atomic E-state index is -0.132. The average molecular weight is 689 g/mol. The van der Waals surface area contributed by atoms with Crippen LogP contribution in [-0.2, 0) is 16.0 Å². The number of amides is 2. The first-order valence-electron chi connectivity index (χ1n) is 15.7. The molecule has 2 aromatic heterocycles. The summed E-state index contributed by atoms with van der Waals surface area (Å²) in [6, 6.07) is 31.5. The maximum atomic E-state index is 13.0. The number of hydrogen-bond donors (Lipinski definition) is 2. The molecule has 248 valence electrons. The highest BCUT2D eigenvalue weighted by molar-refractivity contribution is 8.00. The first-order valence-corrected chi connectivity index (χ1v) is 17.7. The summed E-state index contributed by atoms with van der Waals surface area (Å²) in [6.45, 7) is 7.98. The van der Waals surface area contributed by atoms with Crippen molar-refractivity contribution in [2.45, 2.75) is 44.4 Å². The Hall–Kier alpha value is -5.20. The van der Waals surface area contributed by atoms with Gasteiger partial charge in [-0.15, -0.1) is 20.4 Å². The molecule has 0 aliphatic carbocycles. The van der Waals surface area contributed by atoms with Gasteiger partial charge in [-0.3, -0.25) is 18.7 Å². The van der Waals surface area contributed by atoms with E-state index in [9.17, 15) is 9.59 Å². The summed E-state index contributed by atoms with van der Waals surface area (Å²) in [5, 5.41) is 25.4. The number of benzene rings is 4. The SMILES string of the molecule is Cc1cccc(-n2c(Cc3nnc(SCC(=O)Nc4ccccc4C)n3-c3cccc(C)c3)nnc2SCC(=O)Nc2ccccc2C)c1. The van der Waals surface area contributed by atoms with Crippen LogP contribution in [0.25, 0.3) is 11.4 Å². The van der Waals surface area contributed by atoms with E-state index in [1.165, 1.54) is 23.5 Å². The Labute approximate surface area is 293 Å². The lowest BCUT2D eigenvalue weighted by atomic mass is 10.2. The Bertz CT molecular complexity index is 1970. The fraction of sp³-hybridized carbons (Fsp3) is 0.189. The van der Waals surface area contributed by atoms with Gasteiger partial charge in [0.25, 0.3) is 0 Å². The van der Waals surface area contributed by atoms with Crippen LogP contribution >= 0.6 is 23.5 Å². The van der Waals surface area contributed by atoms with Gasteiger partial charge in [0, 0.05) is 22.7 Å². The average Bonchev–Trinajstić information content (AvgIpc) is 3.68. The Morgan fingerprint density at radius 3 is 1.41 bits per heavy atom. The molecule has 0 atom stereocenters. The second kappa shape index (κ2) is 15.3. The van der Waals surface area contributed by atoms with Crippen molar-refractivity contribution in [3.05, 3.63) is 131 Å². The van der Waals surface area contributed by atoms with E-state index in [1.807, 2.05) is 122 Å². The summed E-state index contributed by atoms with van der Waals surface area (Å²) < 4.78 is 3.94. The van der Waals surface area contributed by atoms with Gasteiger partial charge in [0.05, 0.1) is 17.9 Å². The van der Waals surface area contributed by atoms with E-state index in [0.29, 0.717) is 28.4 Å². The summed E-state index contributed by atoms with van der Waals surface area (Å²) in [4.78, 5) is 25.9. The Kier molecular flexibility index (Phi) is 10.6. The van der Waals surface area contributed by atoms with Gasteiger partial charge in [0.15, 0.2) is 10.3 Å². The van der Waals surface area contributed by atoms with Gasteiger partial charge in [-0.1, -0.05) is 84.2 Å². The van der Waals surface area contributed by atoms with Crippen LogP contribution in [0.4, 0.5) is 11.4 Å². The second-order valence-electron chi connectivity index (χ2n) is 11.6. The summed E-state index contributed by atoms with van der Waals surface area (Å²) in [6.07, 6.45) is 0.299. The number of para-hydroxylation sites is 2. The molecule has 0 bridgehead atoms. The van der Waals surface area contributed by atoms with E-state index < -0.39 is 0 Å². The minimum absolute atomic E-state index is 0.132. The molecule has 0 fully saturated rings. The number of thioether (sulfide) groups is 2. The van der Waals surface area contributed by atoms with E-state index >= 15 is 0 Å². The molecule has 4 aromatic carbocycles. The molecule has 0 unspecified atom stereocenters. The molecule has 10 nitrogen and oxygen atoms in total. The Morgan fingerprint density at radius 2 is 1.00 bits per heavy atom. The molecule has 0 saturated heterocycles. The van der Waals surface area contributed by atoms with Crippen LogP contribution in [0, 0.1) is 27.7 Å². The molecule has 6 rings (SSSR count). The number of anilines is 2. The lowest BCUT2D eigenvalue weighted by Gasteiger charge is -2.13. The van der Waals surface area contributed by atoms with Gasteiger partial charge < -0.3 is 10.6 Å². The number of rotatable bonds is 12. The van der Waals surface area contributed by atoms with Gasteiger partial charge in [-0.05, 0) is 86.3 Å². The molecule has 2 N–H and O–H groups in total. The van der Waals surface area contributed by atoms with E-state index in [1.54, 1.807) is 0 Å². The molecule has 2 amide bonds. The monoisotopic (exact) mass is 688 g/mol. The van der Waals surface area contributed by atoms with Crippen molar-refractivity contribution in [2.75, 3.05) is 22.1 Å². The predicted molar refractivity (Wildman–Crippen MR) is 196 cm³/mol. The molecule has 49 heavy (non-hydrogen) atoms. The van der Waals surface area contributed by atoms with Crippen LogP contribution < -0.4 is 10.6 Å². The molecular weight excluding hydrogens is 653 g/mol. The van der Waals surface area contributed by atoms with E-state index in [0.717, 1.165) is 45.0 Å².